The summed E-state index contributed by atoms with van der Waals surface area (Å²) in [6, 6.07) is 7.05. The molecule has 1 aliphatic rings. The summed E-state index contributed by atoms with van der Waals surface area (Å²) in [5.41, 5.74) is 2.71. The lowest BCUT2D eigenvalue weighted by atomic mass is 9.95. The molecule has 0 atom stereocenters. The molecule has 1 aromatic heterocycles. The van der Waals surface area contributed by atoms with E-state index in [1.807, 2.05) is 32.9 Å². The van der Waals surface area contributed by atoms with Crippen LogP contribution in [0.2, 0.25) is 0 Å². The highest BCUT2D eigenvalue weighted by molar-refractivity contribution is 14.0. The minimum Gasteiger partial charge on any atom is -0.361 e. The van der Waals surface area contributed by atoms with E-state index in [1.165, 1.54) is 6.07 Å². The Morgan fingerprint density at radius 1 is 1.26 bits per heavy atom. The van der Waals surface area contributed by atoms with E-state index in [1.54, 1.807) is 6.07 Å². The first-order chi connectivity index (χ1) is 12.6. The summed E-state index contributed by atoms with van der Waals surface area (Å²) in [5.74, 6) is 1.50. The number of aromatic nitrogens is 1. The lowest BCUT2D eigenvalue weighted by molar-refractivity contribution is 0.392. The molecule has 5 nitrogen and oxygen atoms in total. The Morgan fingerprint density at radius 3 is 2.59 bits per heavy atom. The average Bonchev–Trinajstić information content (AvgIpc) is 3.35. The van der Waals surface area contributed by atoms with Crippen molar-refractivity contribution >= 4 is 29.9 Å². The molecule has 0 radical (unpaired) electrons. The fourth-order valence-corrected chi connectivity index (χ4v) is 3.29. The maximum atomic E-state index is 14.1. The van der Waals surface area contributed by atoms with Gasteiger partial charge in [0.1, 0.15) is 11.6 Å². The van der Waals surface area contributed by atoms with Crippen molar-refractivity contribution in [2.75, 3.05) is 19.6 Å². The molecule has 0 aliphatic heterocycles. The van der Waals surface area contributed by atoms with Crippen molar-refractivity contribution in [3.63, 3.8) is 0 Å². The molecule has 1 heterocycles. The summed E-state index contributed by atoms with van der Waals surface area (Å²) in [7, 11) is 0. The maximum Gasteiger partial charge on any atom is 0.191 e. The molecule has 0 amide bonds. The van der Waals surface area contributed by atoms with Crippen LogP contribution in [-0.4, -0.2) is 30.8 Å². The van der Waals surface area contributed by atoms with Crippen molar-refractivity contribution in [3.05, 3.63) is 52.7 Å². The fourth-order valence-electron chi connectivity index (χ4n) is 3.29. The summed E-state index contributed by atoms with van der Waals surface area (Å²) < 4.78 is 19.3. The first-order valence-corrected chi connectivity index (χ1v) is 9.24. The molecule has 1 aromatic carbocycles. The number of hydrogen-bond donors (Lipinski definition) is 2. The summed E-state index contributed by atoms with van der Waals surface area (Å²) >= 11 is 0. The van der Waals surface area contributed by atoms with Gasteiger partial charge in [-0.1, -0.05) is 23.4 Å². The second-order valence-electron chi connectivity index (χ2n) is 6.93. The quantitative estimate of drug-likeness (QED) is 0.355. The number of nitrogens with zero attached hydrogens (tertiary/aromatic N) is 2. The molecule has 2 N–H and O–H groups in total. The number of aliphatic imine (C=N–C) groups is 1. The highest BCUT2D eigenvalue weighted by atomic mass is 127. The monoisotopic (exact) mass is 486 g/mol. The number of halogens is 2. The standard InChI is InChI=1S/C20H27FN4O.HI/c1-4-22-19(23-12-9-16-14(2)25-26-15(16)3)24-13-20(10-11-20)17-7-5-6-8-18(17)21;/h5-8H,4,9-13H2,1-3H3,(H2,22,23,24);1H. The van der Waals surface area contributed by atoms with E-state index in [4.69, 9.17) is 9.52 Å². The molecule has 0 unspecified atom stereocenters. The second-order valence-corrected chi connectivity index (χ2v) is 6.93. The molecule has 2 aromatic rings. The van der Waals surface area contributed by atoms with Crippen LogP contribution < -0.4 is 10.6 Å². The maximum absolute atomic E-state index is 14.1. The minimum absolute atomic E-state index is 0. The average molecular weight is 486 g/mol. The van der Waals surface area contributed by atoms with Crippen molar-refractivity contribution in [1.29, 1.82) is 0 Å². The van der Waals surface area contributed by atoms with Crippen LogP contribution in [0.15, 0.2) is 33.8 Å². The highest BCUT2D eigenvalue weighted by Crippen LogP contribution is 2.49. The number of hydrogen-bond acceptors (Lipinski definition) is 3. The molecule has 1 aliphatic carbocycles. The molecular formula is C20H28FIN4O. The van der Waals surface area contributed by atoms with Crippen LogP contribution in [0, 0.1) is 19.7 Å². The van der Waals surface area contributed by atoms with Gasteiger partial charge in [0, 0.05) is 24.1 Å². The molecule has 148 valence electrons. The van der Waals surface area contributed by atoms with Gasteiger partial charge in [0.2, 0.25) is 0 Å². The third-order valence-corrected chi connectivity index (χ3v) is 5.03. The van der Waals surface area contributed by atoms with Crippen molar-refractivity contribution in [3.8, 4) is 0 Å². The van der Waals surface area contributed by atoms with E-state index in [0.717, 1.165) is 60.9 Å². The SMILES string of the molecule is CCNC(=NCC1(c2ccccc2F)CC1)NCCc1c(C)noc1C.I. The van der Waals surface area contributed by atoms with Crippen LogP contribution in [0.5, 0.6) is 0 Å². The molecule has 1 saturated carbocycles. The van der Waals surface area contributed by atoms with E-state index in [0.29, 0.717) is 6.54 Å². The van der Waals surface area contributed by atoms with Gasteiger partial charge in [-0.2, -0.15) is 0 Å². The minimum atomic E-state index is -0.144. The van der Waals surface area contributed by atoms with E-state index in [2.05, 4.69) is 15.8 Å². The van der Waals surface area contributed by atoms with Crippen LogP contribution in [0.25, 0.3) is 0 Å². The summed E-state index contributed by atoms with van der Waals surface area (Å²) in [4.78, 5) is 4.72. The molecule has 3 rings (SSSR count). The van der Waals surface area contributed by atoms with Gasteiger partial charge in [-0.25, -0.2) is 4.39 Å². The third kappa shape index (κ3) is 5.21. The van der Waals surface area contributed by atoms with E-state index in [-0.39, 0.29) is 35.2 Å². The number of aryl methyl sites for hydroxylation is 2. The molecule has 27 heavy (non-hydrogen) atoms. The Labute approximate surface area is 177 Å². The number of guanidine groups is 1. The van der Waals surface area contributed by atoms with Gasteiger partial charge in [-0.05, 0) is 51.7 Å². The lowest BCUT2D eigenvalue weighted by Gasteiger charge is -2.16. The molecule has 0 spiro atoms. The van der Waals surface area contributed by atoms with Crippen LogP contribution in [0.3, 0.4) is 0 Å². The van der Waals surface area contributed by atoms with Gasteiger partial charge in [0.25, 0.3) is 0 Å². The zero-order valence-electron chi connectivity index (χ0n) is 16.1. The molecule has 7 heteroatoms. The molecule has 0 bridgehead atoms. The summed E-state index contributed by atoms with van der Waals surface area (Å²) in [6.45, 7) is 8.03. The van der Waals surface area contributed by atoms with E-state index in [9.17, 15) is 4.39 Å². The number of benzene rings is 1. The van der Waals surface area contributed by atoms with Crippen LogP contribution in [0.1, 0.15) is 42.3 Å². The summed E-state index contributed by atoms with van der Waals surface area (Å²) in [5, 5.41) is 10.6. The molecule has 1 fully saturated rings. The number of nitrogens with one attached hydrogen (secondary N) is 2. The van der Waals surface area contributed by atoms with Crippen molar-refractivity contribution < 1.29 is 8.91 Å². The predicted octanol–water partition coefficient (Wildman–Crippen LogP) is 3.88. The van der Waals surface area contributed by atoms with Gasteiger partial charge in [-0.3, -0.25) is 4.99 Å². The Hall–Kier alpha value is -1.64. The van der Waals surface area contributed by atoms with E-state index >= 15 is 0 Å². The Bertz CT molecular complexity index is 767. The van der Waals surface area contributed by atoms with Crippen LogP contribution >= 0.6 is 24.0 Å². The predicted molar refractivity (Wildman–Crippen MR) is 116 cm³/mol. The highest BCUT2D eigenvalue weighted by Gasteiger charge is 2.45. The Balaban J connectivity index is 0.00000261. The largest absolute Gasteiger partial charge is 0.361 e. The van der Waals surface area contributed by atoms with Crippen LogP contribution in [0.4, 0.5) is 4.39 Å². The second kappa shape index (κ2) is 9.52. The number of rotatable bonds is 7. The zero-order valence-corrected chi connectivity index (χ0v) is 18.5. The van der Waals surface area contributed by atoms with Crippen molar-refractivity contribution in [1.82, 2.24) is 15.8 Å². The van der Waals surface area contributed by atoms with Gasteiger partial charge in [0.05, 0.1) is 12.2 Å². The lowest BCUT2D eigenvalue weighted by Crippen LogP contribution is -2.39. The van der Waals surface area contributed by atoms with Gasteiger partial charge >= 0.3 is 0 Å². The first kappa shape index (κ1) is 21.7. The third-order valence-electron chi connectivity index (χ3n) is 5.03. The first-order valence-electron chi connectivity index (χ1n) is 9.24. The fraction of sp³-hybridized carbons (Fsp3) is 0.500. The normalized spacial score (nSPS) is 15.2. The topological polar surface area (TPSA) is 62.5 Å². The van der Waals surface area contributed by atoms with Gasteiger partial charge in [-0.15, -0.1) is 24.0 Å². The smallest absolute Gasteiger partial charge is 0.191 e. The Morgan fingerprint density at radius 2 is 2.00 bits per heavy atom. The zero-order chi connectivity index (χ0) is 18.6. The van der Waals surface area contributed by atoms with Gasteiger partial charge < -0.3 is 15.2 Å². The van der Waals surface area contributed by atoms with E-state index < -0.39 is 0 Å². The van der Waals surface area contributed by atoms with Crippen LogP contribution in [-0.2, 0) is 11.8 Å². The molecule has 0 saturated heterocycles. The molecular weight excluding hydrogens is 458 g/mol. The van der Waals surface area contributed by atoms with Crippen molar-refractivity contribution in [2.45, 2.75) is 45.4 Å². The Kier molecular flexibility index (Phi) is 7.64. The summed E-state index contributed by atoms with van der Waals surface area (Å²) in [6.07, 6.45) is 2.79. The van der Waals surface area contributed by atoms with Gasteiger partial charge in [0.15, 0.2) is 5.96 Å². The van der Waals surface area contributed by atoms with Crippen molar-refractivity contribution in [2.24, 2.45) is 4.99 Å².